The third-order valence-corrected chi connectivity index (χ3v) is 8.20. The molecule has 0 fully saturated rings. The molecular formula is C35H20N4PtS. The van der Waals surface area contributed by atoms with Crippen LogP contribution in [0.3, 0.4) is 0 Å². The van der Waals surface area contributed by atoms with Gasteiger partial charge in [0, 0.05) is 27.7 Å². The van der Waals surface area contributed by atoms with Gasteiger partial charge in [-0.15, -0.1) is 53.6 Å². The summed E-state index contributed by atoms with van der Waals surface area (Å²) < 4.78 is 1.16. The van der Waals surface area contributed by atoms with Gasteiger partial charge in [-0.1, -0.05) is 54.1 Å². The normalized spacial score (nSPS) is 11.7. The van der Waals surface area contributed by atoms with Gasteiger partial charge in [0.15, 0.2) is 0 Å². The van der Waals surface area contributed by atoms with E-state index in [1.54, 1.807) is 11.3 Å². The van der Waals surface area contributed by atoms with E-state index < -0.39 is 0 Å². The minimum atomic E-state index is 0. The zero-order valence-electron chi connectivity index (χ0n) is 21.6. The average molecular weight is 724 g/mol. The van der Waals surface area contributed by atoms with Gasteiger partial charge in [0.2, 0.25) is 0 Å². The molecule has 4 nitrogen and oxygen atoms in total. The van der Waals surface area contributed by atoms with Crippen molar-refractivity contribution in [1.82, 2.24) is 15.0 Å². The molecule has 7 aromatic rings. The van der Waals surface area contributed by atoms with Gasteiger partial charge in [0.25, 0.3) is 0 Å². The van der Waals surface area contributed by atoms with E-state index in [0.717, 1.165) is 71.5 Å². The Bertz CT molecular complexity index is 2000. The van der Waals surface area contributed by atoms with Crippen LogP contribution < -0.4 is 4.90 Å². The molecule has 0 unspecified atom stereocenters. The Labute approximate surface area is 256 Å². The van der Waals surface area contributed by atoms with E-state index in [1.807, 2.05) is 48.8 Å². The number of para-hydroxylation sites is 2. The molecule has 196 valence electrons. The molecule has 0 saturated heterocycles. The fourth-order valence-corrected chi connectivity index (χ4v) is 6.27. The predicted molar refractivity (Wildman–Crippen MR) is 163 cm³/mol. The van der Waals surface area contributed by atoms with Crippen LogP contribution in [0.5, 0.6) is 0 Å². The number of fused-ring (bicyclic) bond motifs is 6. The van der Waals surface area contributed by atoms with Crippen molar-refractivity contribution in [3.05, 3.63) is 134 Å². The van der Waals surface area contributed by atoms with Crippen molar-refractivity contribution in [3.8, 4) is 44.2 Å². The Morgan fingerprint density at radius 1 is 0.610 bits per heavy atom. The molecule has 6 heteroatoms. The summed E-state index contributed by atoms with van der Waals surface area (Å²) in [6.45, 7) is 0. The molecule has 1 aliphatic rings. The minimum Gasteiger partial charge on any atom is -0.345 e. The van der Waals surface area contributed by atoms with E-state index >= 15 is 0 Å². The first-order valence-corrected chi connectivity index (χ1v) is 13.9. The minimum absolute atomic E-state index is 0. The molecular weight excluding hydrogens is 704 g/mol. The second-order valence-electron chi connectivity index (χ2n) is 9.54. The predicted octanol–water partition coefficient (Wildman–Crippen LogP) is 9.14. The topological polar surface area (TPSA) is 41.9 Å². The van der Waals surface area contributed by atoms with E-state index in [0.29, 0.717) is 0 Å². The van der Waals surface area contributed by atoms with Crippen LogP contribution in [-0.4, -0.2) is 15.0 Å². The van der Waals surface area contributed by atoms with Gasteiger partial charge in [0.05, 0.1) is 16.9 Å². The number of anilines is 3. The van der Waals surface area contributed by atoms with E-state index in [1.165, 1.54) is 0 Å². The molecule has 3 aromatic heterocycles. The Balaban J connectivity index is 0.00000276. The van der Waals surface area contributed by atoms with Crippen LogP contribution in [0, 0.1) is 12.1 Å². The van der Waals surface area contributed by atoms with Crippen LogP contribution in [0.2, 0.25) is 0 Å². The molecule has 1 aliphatic heterocycles. The van der Waals surface area contributed by atoms with Crippen LogP contribution in [0.25, 0.3) is 54.4 Å². The summed E-state index contributed by atoms with van der Waals surface area (Å²) in [7, 11) is 0. The molecule has 0 amide bonds. The summed E-state index contributed by atoms with van der Waals surface area (Å²) >= 11 is 1.68. The number of pyridine rings is 2. The van der Waals surface area contributed by atoms with Gasteiger partial charge in [-0.25, -0.2) is 0 Å². The van der Waals surface area contributed by atoms with Gasteiger partial charge < -0.3 is 9.88 Å². The van der Waals surface area contributed by atoms with Crippen LogP contribution >= 0.6 is 11.3 Å². The van der Waals surface area contributed by atoms with Gasteiger partial charge >= 0.3 is 21.1 Å². The van der Waals surface area contributed by atoms with E-state index in [9.17, 15) is 0 Å². The molecule has 41 heavy (non-hydrogen) atoms. The SMILES string of the molecule is [Pt+2].[c-]1c(-c2ccccn2)cccc1N1c2[c-]c(-c3nc4ccccc4s3)ccc2-c2cccnc2-c2ccccc21. The number of hydrogen-bond donors (Lipinski definition) is 0. The molecule has 0 aliphatic carbocycles. The smallest absolute Gasteiger partial charge is 0.345 e. The maximum Gasteiger partial charge on any atom is 2.00 e. The first kappa shape index (κ1) is 25.5. The summed E-state index contributed by atoms with van der Waals surface area (Å²) in [5, 5.41) is 0.944. The molecule has 0 bridgehead atoms. The summed E-state index contributed by atoms with van der Waals surface area (Å²) in [5.74, 6) is 0. The fraction of sp³-hybridized carbons (Fsp3) is 0. The maximum absolute atomic E-state index is 4.94. The van der Waals surface area contributed by atoms with Crippen molar-refractivity contribution in [2.75, 3.05) is 4.90 Å². The third-order valence-electron chi connectivity index (χ3n) is 7.13. The maximum atomic E-state index is 4.94. The van der Waals surface area contributed by atoms with E-state index in [4.69, 9.17) is 9.97 Å². The largest absolute Gasteiger partial charge is 2.00 e. The molecule has 8 rings (SSSR count). The number of hydrogen-bond acceptors (Lipinski definition) is 5. The summed E-state index contributed by atoms with van der Waals surface area (Å²) in [6, 6.07) is 44.7. The number of nitrogens with zero attached hydrogens (tertiary/aromatic N) is 4. The van der Waals surface area contributed by atoms with Crippen molar-refractivity contribution in [1.29, 1.82) is 0 Å². The quantitative estimate of drug-likeness (QED) is 0.171. The second-order valence-corrected chi connectivity index (χ2v) is 10.6. The summed E-state index contributed by atoms with van der Waals surface area (Å²) in [4.78, 5) is 16.6. The molecule has 0 N–H and O–H groups in total. The zero-order chi connectivity index (χ0) is 26.5. The Kier molecular flexibility index (Phi) is 6.54. The number of benzene rings is 4. The number of rotatable bonds is 3. The van der Waals surface area contributed by atoms with Crippen molar-refractivity contribution >= 4 is 38.6 Å². The Morgan fingerprint density at radius 3 is 2.34 bits per heavy atom. The molecule has 4 aromatic carbocycles. The summed E-state index contributed by atoms with van der Waals surface area (Å²) in [5.41, 5.74) is 10.8. The monoisotopic (exact) mass is 723 g/mol. The van der Waals surface area contributed by atoms with E-state index in [2.05, 4.69) is 94.8 Å². The Morgan fingerprint density at radius 2 is 1.44 bits per heavy atom. The van der Waals surface area contributed by atoms with Crippen molar-refractivity contribution in [3.63, 3.8) is 0 Å². The van der Waals surface area contributed by atoms with Crippen LogP contribution in [0.15, 0.2) is 122 Å². The van der Waals surface area contributed by atoms with Crippen molar-refractivity contribution in [2.24, 2.45) is 0 Å². The summed E-state index contributed by atoms with van der Waals surface area (Å²) in [6.07, 6.45) is 3.67. The molecule has 4 heterocycles. The first-order valence-electron chi connectivity index (χ1n) is 13.0. The van der Waals surface area contributed by atoms with Gasteiger partial charge in [-0.2, -0.15) is 11.3 Å². The molecule has 0 radical (unpaired) electrons. The van der Waals surface area contributed by atoms with Crippen LogP contribution in [0.1, 0.15) is 0 Å². The Hall–Kier alpha value is -4.44. The fourth-order valence-electron chi connectivity index (χ4n) is 5.32. The van der Waals surface area contributed by atoms with Crippen LogP contribution in [-0.2, 0) is 21.1 Å². The zero-order valence-corrected chi connectivity index (χ0v) is 24.6. The van der Waals surface area contributed by atoms with Crippen molar-refractivity contribution in [2.45, 2.75) is 0 Å². The third kappa shape index (κ3) is 4.39. The van der Waals surface area contributed by atoms with Gasteiger partial charge in [-0.05, 0) is 53.0 Å². The van der Waals surface area contributed by atoms with Crippen LogP contribution in [0.4, 0.5) is 17.1 Å². The number of thiazole rings is 1. The van der Waals surface area contributed by atoms with Gasteiger partial charge in [0.1, 0.15) is 0 Å². The molecule has 0 atom stereocenters. The average Bonchev–Trinajstić information content (AvgIpc) is 3.42. The second kappa shape index (κ2) is 10.5. The molecule has 0 spiro atoms. The molecule has 0 saturated carbocycles. The standard InChI is InChI=1S/C35H20N4S.Pt/c1-3-15-31-28(11-1)34-27(12-8-20-37-34)26-18-17-24(35-38-30-14-2-4-16-33(30)40-35)22-32(26)39(31)25-10-7-9-23(21-25)29-13-5-6-19-36-29;/h1-20H;/q-2;+2. The van der Waals surface area contributed by atoms with E-state index in [-0.39, 0.29) is 21.1 Å². The first-order chi connectivity index (χ1) is 19.8. The van der Waals surface area contributed by atoms with Gasteiger partial charge in [-0.3, -0.25) is 9.97 Å². The number of aromatic nitrogens is 3. The van der Waals surface area contributed by atoms with Crippen molar-refractivity contribution < 1.29 is 21.1 Å².